The van der Waals surface area contributed by atoms with Crippen molar-refractivity contribution in [3.63, 3.8) is 0 Å². The Morgan fingerprint density at radius 2 is 1.87 bits per heavy atom. The molecule has 0 amide bonds. The number of carbonyl (C=O) groups is 1. The minimum atomic E-state index is -0.121. The van der Waals surface area contributed by atoms with Crippen molar-refractivity contribution in [3.05, 3.63) is 65.5 Å². The SMILES string of the molecule is COc1cc(/C=C/C(=O)c2ccc(OCCCn3cc(CSC4=NCCS4)nn3)cc2)cc(OC)c1OC. The van der Waals surface area contributed by atoms with Gasteiger partial charge < -0.3 is 18.9 Å². The molecule has 1 aromatic heterocycles. The number of nitrogens with zero attached hydrogens (tertiary/aromatic N) is 4. The fourth-order valence-corrected chi connectivity index (χ4v) is 5.54. The van der Waals surface area contributed by atoms with E-state index >= 15 is 0 Å². The molecule has 0 saturated heterocycles. The highest BCUT2D eigenvalue weighted by atomic mass is 32.2. The maximum Gasteiger partial charge on any atom is 0.203 e. The third kappa shape index (κ3) is 7.55. The third-order valence-corrected chi connectivity index (χ3v) is 7.83. The number of rotatable bonds is 13. The van der Waals surface area contributed by atoms with E-state index < -0.39 is 0 Å². The van der Waals surface area contributed by atoms with Crippen LogP contribution in [0.3, 0.4) is 0 Å². The van der Waals surface area contributed by atoms with Crippen LogP contribution < -0.4 is 18.9 Å². The summed E-state index contributed by atoms with van der Waals surface area (Å²) in [5, 5.41) is 8.42. The van der Waals surface area contributed by atoms with Gasteiger partial charge in [0.05, 0.1) is 40.2 Å². The van der Waals surface area contributed by atoms with Gasteiger partial charge in [-0.05, 0) is 48.0 Å². The summed E-state index contributed by atoms with van der Waals surface area (Å²) in [5.41, 5.74) is 2.27. The summed E-state index contributed by atoms with van der Waals surface area (Å²) in [6, 6.07) is 10.7. The van der Waals surface area contributed by atoms with Gasteiger partial charge in [-0.25, -0.2) is 0 Å². The van der Waals surface area contributed by atoms with Crippen LogP contribution in [0.4, 0.5) is 0 Å². The molecule has 38 heavy (non-hydrogen) atoms. The lowest BCUT2D eigenvalue weighted by molar-refractivity contribution is 0.104. The average molecular weight is 555 g/mol. The van der Waals surface area contributed by atoms with Crippen LogP contribution in [0.1, 0.15) is 28.0 Å². The number of hydrogen-bond donors (Lipinski definition) is 0. The van der Waals surface area contributed by atoms with Gasteiger partial charge in [0.25, 0.3) is 0 Å². The van der Waals surface area contributed by atoms with Gasteiger partial charge in [0.1, 0.15) is 10.1 Å². The lowest BCUT2D eigenvalue weighted by Crippen LogP contribution is -2.05. The zero-order chi connectivity index (χ0) is 26.7. The summed E-state index contributed by atoms with van der Waals surface area (Å²) in [6.45, 7) is 2.16. The smallest absolute Gasteiger partial charge is 0.203 e. The Morgan fingerprint density at radius 3 is 2.53 bits per heavy atom. The molecule has 1 aliphatic rings. The number of hydrogen-bond acceptors (Lipinski definition) is 10. The van der Waals surface area contributed by atoms with Crippen molar-refractivity contribution in [2.24, 2.45) is 4.99 Å². The summed E-state index contributed by atoms with van der Waals surface area (Å²) in [6.07, 6.45) is 5.99. The molecule has 4 rings (SSSR count). The van der Waals surface area contributed by atoms with Crippen LogP contribution in [0.2, 0.25) is 0 Å². The molecule has 11 heteroatoms. The number of allylic oxidation sites excluding steroid dienone is 1. The summed E-state index contributed by atoms with van der Waals surface area (Å²) in [7, 11) is 4.65. The minimum absolute atomic E-state index is 0.121. The van der Waals surface area contributed by atoms with E-state index in [0.717, 1.165) is 46.6 Å². The maximum absolute atomic E-state index is 12.7. The van der Waals surface area contributed by atoms with Crippen molar-refractivity contribution in [1.82, 2.24) is 15.0 Å². The van der Waals surface area contributed by atoms with Crippen LogP contribution in [0.5, 0.6) is 23.0 Å². The fourth-order valence-electron chi connectivity index (χ4n) is 3.65. The summed E-state index contributed by atoms with van der Waals surface area (Å²) < 4.78 is 24.9. The van der Waals surface area contributed by atoms with E-state index in [4.69, 9.17) is 18.9 Å². The van der Waals surface area contributed by atoms with Gasteiger partial charge in [0.2, 0.25) is 5.75 Å². The average Bonchev–Trinajstić information content (AvgIpc) is 3.64. The monoisotopic (exact) mass is 554 g/mol. The molecule has 0 bridgehead atoms. The van der Waals surface area contributed by atoms with Gasteiger partial charge in [0.15, 0.2) is 17.3 Å². The van der Waals surface area contributed by atoms with Crippen molar-refractivity contribution < 1.29 is 23.7 Å². The molecule has 0 spiro atoms. The fraction of sp³-hybridized carbons (Fsp3) is 0.333. The lowest BCUT2D eigenvalue weighted by atomic mass is 10.1. The second-order valence-electron chi connectivity index (χ2n) is 8.14. The second-order valence-corrected chi connectivity index (χ2v) is 10.4. The van der Waals surface area contributed by atoms with Gasteiger partial charge in [0, 0.05) is 36.2 Å². The number of aromatic nitrogens is 3. The van der Waals surface area contributed by atoms with Crippen LogP contribution in [0.25, 0.3) is 6.08 Å². The Kier molecular flexibility index (Phi) is 10.1. The van der Waals surface area contributed by atoms with Crippen LogP contribution in [0, 0.1) is 0 Å². The first-order valence-electron chi connectivity index (χ1n) is 12.0. The van der Waals surface area contributed by atoms with Crippen LogP contribution in [0.15, 0.2) is 53.7 Å². The highest BCUT2D eigenvalue weighted by Gasteiger charge is 2.13. The van der Waals surface area contributed by atoms with E-state index in [0.29, 0.717) is 35.2 Å². The molecule has 0 aliphatic carbocycles. The highest BCUT2D eigenvalue weighted by molar-refractivity contribution is 8.38. The van der Waals surface area contributed by atoms with Crippen LogP contribution >= 0.6 is 23.5 Å². The van der Waals surface area contributed by atoms with Crippen molar-refractivity contribution in [3.8, 4) is 23.0 Å². The number of ether oxygens (including phenoxy) is 4. The molecule has 0 saturated carbocycles. The van der Waals surface area contributed by atoms with Crippen LogP contribution in [-0.2, 0) is 12.3 Å². The topological polar surface area (TPSA) is 97.1 Å². The number of ketones is 1. The Labute approximate surface area is 230 Å². The highest BCUT2D eigenvalue weighted by Crippen LogP contribution is 2.38. The molecular formula is C27H30N4O5S2. The van der Waals surface area contributed by atoms with Gasteiger partial charge in [-0.3, -0.25) is 14.5 Å². The van der Waals surface area contributed by atoms with E-state index in [1.165, 1.54) is 6.08 Å². The van der Waals surface area contributed by atoms with Crippen LogP contribution in [-0.4, -0.2) is 65.4 Å². The predicted molar refractivity (Wildman–Crippen MR) is 152 cm³/mol. The Bertz CT molecular complexity index is 1270. The first-order chi connectivity index (χ1) is 18.6. The molecule has 3 aromatic rings. The lowest BCUT2D eigenvalue weighted by Gasteiger charge is -2.12. The number of methoxy groups -OCH3 is 3. The van der Waals surface area contributed by atoms with E-state index in [-0.39, 0.29) is 5.78 Å². The Hall–Kier alpha value is -3.44. The van der Waals surface area contributed by atoms with E-state index in [2.05, 4.69) is 15.3 Å². The van der Waals surface area contributed by atoms with Crippen molar-refractivity contribution in [2.45, 2.75) is 18.7 Å². The van der Waals surface area contributed by atoms with Crippen molar-refractivity contribution in [2.75, 3.05) is 40.2 Å². The van der Waals surface area contributed by atoms with Crippen molar-refractivity contribution in [1.29, 1.82) is 0 Å². The number of thioether (sulfide) groups is 2. The molecule has 2 heterocycles. The molecule has 2 aromatic carbocycles. The molecule has 0 unspecified atom stereocenters. The summed E-state index contributed by atoms with van der Waals surface area (Å²) >= 11 is 3.51. The molecule has 1 aliphatic heterocycles. The number of aryl methyl sites for hydroxylation is 1. The third-order valence-electron chi connectivity index (χ3n) is 5.54. The quantitative estimate of drug-likeness (QED) is 0.164. The van der Waals surface area contributed by atoms with E-state index in [1.807, 2.05) is 10.9 Å². The summed E-state index contributed by atoms with van der Waals surface area (Å²) in [4.78, 5) is 17.1. The summed E-state index contributed by atoms with van der Waals surface area (Å²) in [5.74, 6) is 4.00. The van der Waals surface area contributed by atoms with E-state index in [9.17, 15) is 4.79 Å². The molecule has 0 radical (unpaired) electrons. The van der Waals surface area contributed by atoms with Gasteiger partial charge in [-0.2, -0.15) is 0 Å². The molecule has 0 atom stereocenters. The zero-order valence-electron chi connectivity index (χ0n) is 21.6. The van der Waals surface area contributed by atoms with Gasteiger partial charge >= 0.3 is 0 Å². The Balaban J connectivity index is 1.23. The number of benzene rings is 2. The largest absolute Gasteiger partial charge is 0.494 e. The molecule has 9 nitrogen and oxygen atoms in total. The standard InChI is InChI=1S/C27H30N4O5S2/c1-33-24-15-19(16-25(34-2)26(24)35-3)5-10-23(32)20-6-8-22(9-7-20)36-13-4-12-31-17-21(29-30-31)18-38-27-28-11-14-37-27/h5-10,15-17H,4,11-14,18H2,1-3H3/b10-5+. The van der Waals surface area contributed by atoms with E-state index in [1.54, 1.807) is 87.3 Å². The van der Waals surface area contributed by atoms with Gasteiger partial charge in [-0.1, -0.05) is 34.8 Å². The molecule has 0 fully saturated rings. The number of aliphatic imine (C=N–C) groups is 1. The second kappa shape index (κ2) is 13.9. The zero-order valence-corrected chi connectivity index (χ0v) is 23.2. The van der Waals surface area contributed by atoms with Crippen molar-refractivity contribution >= 4 is 39.8 Å². The normalized spacial score (nSPS) is 13.0. The first-order valence-corrected chi connectivity index (χ1v) is 14.0. The predicted octanol–water partition coefficient (Wildman–Crippen LogP) is 5.01. The Morgan fingerprint density at radius 1 is 1.11 bits per heavy atom. The molecule has 0 N–H and O–H groups in total. The van der Waals surface area contributed by atoms with Gasteiger partial charge in [-0.15, -0.1) is 5.10 Å². The first kappa shape index (κ1) is 27.6. The molecule has 200 valence electrons. The molecular weight excluding hydrogens is 524 g/mol. The number of carbonyl (C=O) groups excluding carboxylic acids is 1. The maximum atomic E-state index is 12.7. The minimum Gasteiger partial charge on any atom is -0.494 e.